The van der Waals surface area contributed by atoms with Crippen molar-refractivity contribution < 1.29 is 9.15 Å². The molecule has 0 saturated heterocycles. The average Bonchev–Trinajstić information content (AvgIpc) is 2.67. The lowest BCUT2D eigenvalue weighted by Gasteiger charge is -1.95. The molecule has 0 aliphatic rings. The number of methoxy groups -OCH3 is 1. The molecule has 0 saturated carbocycles. The Morgan fingerprint density at radius 2 is 2.33 bits per heavy atom. The summed E-state index contributed by atoms with van der Waals surface area (Å²) < 4.78 is 10.7. The number of hydrogen-bond acceptors (Lipinski definition) is 3. The Kier molecular flexibility index (Phi) is 3.11. The molecule has 0 aliphatic carbocycles. The second-order valence-corrected chi connectivity index (χ2v) is 3.61. The third kappa shape index (κ3) is 2.23. The van der Waals surface area contributed by atoms with Gasteiger partial charge in [0, 0.05) is 18.4 Å². The highest BCUT2D eigenvalue weighted by Gasteiger charge is 2.06. The van der Waals surface area contributed by atoms with Gasteiger partial charge in [-0.3, -0.25) is 0 Å². The zero-order valence-electron chi connectivity index (χ0n) is 8.50. The van der Waals surface area contributed by atoms with Crippen LogP contribution in [-0.2, 0) is 6.42 Å². The van der Waals surface area contributed by atoms with Gasteiger partial charge in [0.05, 0.1) is 7.11 Å². The maximum atomic E-state index is 5.61. The molecule has 2 aromatic rings. The molecule has 1 aromatic heterocycles. The second-order valence-electron chi connectivity index (χ2n) is 3.23. The zero-order valence-corrected chi connectivity index (χ0v) is 9.25. The number of aromatic nitrogens is 1. The largest absolute Gasteiger partial charge is 0.497 e. The number of benzene rings is 1. The van der Waals surface area contributed by atoms with Gasteiger partial charge in [-0.15, -0.1) is 11.6 Å². The van der Waals surface area contributed by atoms with Crippen LogP contribution in [-0.4, -0.2) is 18.0 Å². The van der Waals surface area contributed by atoms with E-state index >= 15 is 0 Å². The minimum Gasteiger partial charge on any atom is -0.497 e. The molecule has 0 N–H and O–H groups in total. The summed E-state index contributed by atoms with van der Waals surface area (Å²) in [5.74, 6) is 2.14. The van der Waals surface area contributed by atoms with Crippen molar-refractivity contribution in [3.8, 4) is 5.75 Å². The lowest BCUT2D eigenvalue weighted by atomic mass is 10.3. The normalized spacial score (nSPS) is 10.8. The topological polar surface area (TPSA) is 35.3 Å². The summed E-state index contributed by atoms with van der Waals surface area (Å²) in [5, 5.41) is 0. The van der Waals surface area contributed by atoms with Gasteiger partial charge in [0.2, 0.25) is 0 Å². The number of alkyl halides is 1. The molecule has 3 nitrogen and oxygen atoms in total. The molecule has 1 aromatic carbocycles. The molecule has 0 fully saturated rings. The molecule has 0 amide bonds. The lowest BCUT2D eigenvalue weighted by Crippen LogP contribution is -1.84. The molecular formula is C11H12ClNO2. The Balaban J connectivity index is 2.29. The average molecular weight is 226 g/mol. The van der Waals surface area contributed by atoms with Crippen LogP contribution in [0.1, 0.15) is 12.3 Å². The van der Waals surface area contributed by atoms with Crippen molar-refractivity contribution in [2.45, 2.75) is 12.8 Å². The zero-order chi connectivity index (χ0) is 10.7. The smallest absolute Gasteiger partial charge is 0.195 e. The van der Waals surface area contributed by atoms with Gasteiger partial charge in [0.1, 0.15) is 11.3 Å². The molecule has 0 radical (unpaired) electrons. The van der Waals surface area contributed by atoms with Crippen LogP contribution in [0.15, 0.2) is 22.6 Å². The molecule has 0 bridgehead atoms. The molecule has 0 spiro atoms. The van der Waals surface area contributed by atoms with Crippen LogP contribution in [0.5, 0.6) is 5.75 Å². The van der Waals surface area contributed by atoms with Gasteiger partial charge in [-0.05, 0) is 18.6 Å². The van der Waals surface area contributed by atoms with Crippen molar-refractivity contribution in [1.82, 2.24) is 4.98 Å². The first-order chi connectivity index (χ1) is 7.33. The summed E-state index contributed by atoms with van der Waals surface area (Å²) >= 11 is 5.61. The summed E-state index contributed by atoms with van der Waals surface area (Å²) in [6.45, 7) is 0. The summed E-state index contributed by atoms with van der Waals surface area (Å²) in [4.78, 5) is 4.34. The number of rotatable bonds is 4. The van der Waals surface area contributed by atoms with Crippen LogP contribution >= 0.6 is 11.6 Å². The summed E-state index contributed by atoms with van der Waals surface area (Å²) in [5.41, 5.74) is 1.62. The molecule has 2 rings (SSSR count). The van der Waals surface area contributed by atoms with Gasteiger partial charge >= 0.3 is 0 Å². The minimum absolute atomic E-state index is 0.627. The van der Waals surface area contributed by atoms with Gasteiger partial charge in [-0.25, -0.2) is 4.98 Å². The standard InChI is InChI=1S/C11H12ClNO2/c1-14-8-4-5-9-10(7-8)15-11(13-9)3-2-6-12/h4-5,7H,2-3,6H2,1H3. The fraction of sp³-hybridized carbons (Fsp3) is 0.364. The molecule has 0 aliphatic heterocycles. The van der Waals surface area contributed by atoms with E-state index in [-0.39, 0.29) is 0 Å². The van der Waals surface area contributed by atoms with E-state index in [2.05, 4.69) is 4.98 Å². The monoisotopic (exact) mass is 225 g/mol. The van der Waals surface area contributed by atoms with Crippen molar-refractivity contribution in [2.24, 2.45) is 0 Å². The highest BCUT2D eigenvalue weighted by molar-refractivity contribution is 6.17. The summed E-state index contributed by atoms with van der Waals surface area (Å²) in [7, 11) is 1.63. The third-order valence-electron chi connectivity index (χ3n) is 2.16. The van der Waals surface area contributed by atoms with E-state index in [1.807, 2.05) is 18.2 Å². The van der Waals surface area contributed by atoms with Crippen molar-refractivity contribution in [1.29, 1.82) is 0 Å². The van der Waals surface area contributed by atoms with Crippen LogP contribution in [0, 0.1) is 0 Å². The Morgan fingerprint density at radius 1 is 1.47 bits per heavy atom. The van der Waals surface area contributed by atoms with Crippen LogP contribution in [0.2, 0.25) is 0 Å². The SMILES string of the molecule is COc1ccc2nc(CCCCl)oc2c1. The maximum absolute atomic E-state index is 5.61. The van der Waals surface area contributed by atoms with Gasteiger partial charge < -0.3 is 9.15 Å². The Hall–Kier alpha value is -1.22. The van der Waals surface area contributed by atoms with Crippen LogP contribution in [0.3, 0.4) is 0 Å². The minimum atomic E-state index is 0.627. The van der Waals surface area contributed by atoms with Crippen molar-refractivity contribution in [2.75, 3.05) is 13.0 Å². The van der Waals surface area contributed by atoms with E-state index in [4.69, 9.17) is 20.8 Å². The molecular weight excluding hydrogens is 214 g/mol. The number of ether oxygens (including phenoxy) is 1. The number of oxazole rings is 1. The van der Waals surface area contributed by atoms with Gasteiger partial charge in [-0.2, -0.15) is 0 Å². The summed E-state index contributed by atoms with van der Waals surface area (Å²) in [6.07, 6.45) is 1.66. The highest BCUT2D eigenvalue weighted by atomic mass is 35.5. The number of fused-ring (bicyclic) bond motifs is 1. The van der Waals surface area contributed by atoms with Crippen molar-refractivity contribution in [3.63, 3.8) is 0 Å². The molecule has 80 valence electrons. The van der Waals surface area contributed by atoms with Crippen LogP contribution in [0.25, 0.3) is 11.1 Å². The van der Waals surface area contributed by atoms with E-state index in [9.17, 15) is 0 Å². The predicted molar refractivity (Wildman–Crippen MR) is 59.6 cm³/mol. The van der Waals surface area contributed by atoms with E-state index in [1.165, 1.54) is 0 Å². The van der Waals surface area contributed by atoms with E-state index in [1.54, 1.807) is 7.11 Å². The Labute approximate surface area is 93.0 Å². The first kappa shape index (κ1) is 10.3. The Bertz CT molecular complexity index is 453. The number of aryl methyl sites for hydroxylation is 1. The van der Waals surface area contributed by atoms with Crippen LogP contribution in [0.4, 0.5) is 0 Å². The van der Waals surface area contributed by atoms with E-state index in [0.29, 0.717) is 5.88 Å². The number of nitrogens with zero attached hydrogens (tertiary/aromatic N) is 1. The highest BCUT2D eigenvalue weighted by Crippen LogP contribution is 2.21. The number of halogens is 1. The fourth-order valence-electron chi connectivity index (χ4n) is 1.40. The number of hydrogen-bond donors (Lipinski definition) is 0. The van der Waals surface area contributed by atoms with Crippen molar-refractivity contribution >= 4 is 22.7 Å². The first-order valence-corrected chi connectivity index (χ1v) is 5.36. The lowest BCUT2D eigenvalue weighted by molar-refractivity contribution is 0.414. The Morgan fingerprint density at radius 3 is 3.07 bits per heavy atom. The molecule has 0 unspecified atom stereocenters. The van der Waals surface area contributed by atoms with Gasteiger partial charge in [0.25, 0.3) is 0 Å². The first-order valence-electron chi connectivity index (χ1n) is 4.83. The van der Waals surface area contributed by atoms with E-state index < -0.39 is 0 Å². The van der Waals surface area contributed by atoms with Crippen molar-refractivity contribution in [3.05, 3.63) is 24.1 Å². The second kappa shape index (κ2) is 4.53. The van der Waals surface area contributed by atoms with Gasteiger partial charge in [0.15, 0.2) is 11.5 Å². The molecule has 0 atom stereocenters. The maximum Gasteiger partial charge on any atom is 0.195 e. The van der Waals surface area contributed by atoms with Gasteiger partial charge in [-0.1, -0.05) is 0 Å². The fourth-order valence-corrected chi connectivity index (χ4v) is 1.54. The predicted octanol–water partition coefficient (Wildman–Crippen LogP) is 3.01. The van der Waals surface area contributed by atoms with Crippen LogP contribution < -0.4 is 4.74 Å². The third-order valence-corrected chi connectivity index (χ3v) is 2.43. The quantitative estimate of drug-likeness (QED) is 0.751. The molecule has 15 heavy (non-hydrogen) atoms. The summed E-state index contributed by atoms with van der Waals surface area (Å²) in [6, 6.07) is 5.60. The van der Waals surface area contributed by atoms with E-state index in [0.717, 1.165) is 35.6 Å². The molecule has 1 heterocycles. The molecule has 4 heteroatoms.